The fourth-order valence-electron chi connectivity index (χ4n) is 3.09. The standard InChI is InChI=1S/C17H23FN2O2S/c18-15-4-2-14(3-5-15)17(21)20-6-1-11-23-13-16(20)12-19-7-9-22-10-8-19/h2-5,16H,1,6-13H2. The van der Waals surface area contributed by atoms with E-state index in [-0.39, 0.29) is 17.8 Å². The number of carbonyl (C=O) groups is 1. The molecular weight excluding hydrogens is 315 g/mol. The van der Waals surface area contributed by atoms with Crippen molar-refractivity contribution in [2.45, 2.75) is 12.5 Å². The number of morpholine rings is 1. The maximum absolute atomic E-state index is 13.1. The Labute approximate surface area is 141 Å². The van der Waals surface area contributed by atoms with Crippen LogP contribution in [0.1, 0.15) is 16.8 Å². The van der Waals surface area contributed by atoms with Crippen LogP contribution in [0.2, 0.25) is 0 Å². The van der Waals surface area contributed by atoms with Gasteiger partial charge in [-0.15, -0.1) is 0 Å². The molecule has 1 atom stereocenters. The van der Waals surface area contributed by atoms with Gasteiger partial charge in [0, 0.05) is 37.5 Å². The number of halogens is 1. The highest BCUT2D eigenvalue weighted by atomic mass is 32.2. The second kappa shape index (κ2) is 8.13. The van der Waals surface area contributed by atoms with E-state index in [1.54, 1.807) is 12.1 Å². The number of thioether (sulfide) groups is 1. The fraction of sp³-hybridized carbons (Fsp3) is 0.588. The molecule has 1 aromatic carbocycles. The Morgan fingerprint density at radius 1 is 1.22 bits per heavy atom. The summed E-state index contributed by atoms with van der Waals surface area (Å²) < 4.78 is 18.5. The van der Waals surface area contributed by atoms with E-state index >= 15 is 0 Å². The van der Waals surface area contributed by atoms with Crippen LogP contribution in [-0.4, -0.2) is 72.6 Å². The summed E-state index contributed by atoms with van der Waals surface area (Å²) in [5.41, 5.74) is 0.574. The van der Waals surface area contributed by atoms with Gasteiger partial charge in [0.05, 0.1) is 19.3 Å². The molecule has 0 saturated carbocycles. The maximum atomic E-state index is 13.1. The van der Waals surface area contributed by atoms with Gasteiger partial charge in [0.25, 0.3) is 5.91 Å². The van der Waals surface area contributed by atoms with Crippen LogP contribution < -0.4 is 0 Å². The Hall–Kier alpha value is -1.11. The molecule has 2 aliphatic rings. The lowest BCUT2D eigenvalue weighted by Gasteiger charge is -2.35. The van der Waals surface area contributed by atoms with Gasteiger partial charge in [-0.25, -0.2) is 4.39 Å². The van der Waals surface area contributed by atoms with Crippen molar-refractivity contribution in [3.05, 3.63) is 35.6 Å². The highest BCUT2D eigenvalue weighted by molar-refractivity contribution is 7.99. The molecule has 0 N–H and O–H groups in total. The molecule has 6 heteroatoms. The number of ether oxygens (including phenoxy) is 1. The molecule has 2 aliphatic heterocycles. The van der Waals surface area contributed by atoms with Crippen molar-refractivity contribution in [1.82, 2.24) is 9.80 Å². The van der Waals surface area contributed by atoms with E-state index in [0.717, 1.165) is 57.3 Å². The highest BCUT2D eigenvalue weighted by Gasteiger charge is 2.28. The van der Waals surface area contributed by atoms with Crippen LogP contribution in [0.5, 0.6) is 0 Å². The Bertz CT molecular complexity index is 520. The number of amides is 1. The van der Waals surface area contributed by atoms with Crippen molar-refractivity contribution in [2.75, 3.05) is 50.9 Å². The molecule has 1 unspecified atom stereocenters. The monoisotopic (exact) mass is 338 g/mol. The molecule has 2 heterocycles. The SMILES string of the molecule is O=C(c1ccc(F)cc1)N1CCCSCC1CN1CCOCC1. The summed E-state index contributed by atoms with van der Waals surface area (Å²) in [5.74, 6) is 1.76. The average molecular weight is 338 g/mol. The van der Waals surface area contributed by atoms with Gasteiger partial charge < -0.3 is 9.64 Å². The number of carbonyl (C=O) groups excluding carboxylic acids is 1. The van der Waals surface area contributed by atoms with Crippen molar-refractivity contribution >= 4 is 17.7 Å². The number of hydrogen-bond acceptors (Lipinski definition) is 4. The third-order valence-electron chi connectivity index (χ3n) is 4.36. The van der Waals surface area contributed by atoms with Crippen LogP contribution in [0.3, 0.4) is 0 Å². The van der Waals surface area contributed by atoms with E-state index in [0.29, 0.717) is 5.56 Å². The molecule has 0 spiro atoms. The minimum absolute atomic E-state index is 0.0192. The normalized spacial score (nSPS) is 23.5. The predicted octanol–water partition coefficient (Wildman–Crippen LogP) is 2.11. The van der Waals surface area contributed by atoms with Gasteiger partial charge in [0.15, 0.2) is 0 Å². The van der Waals surface area contributed by atoms with Gasteiger partial charge in [0.1, 0.15) is 5.82 Å². The molecule has 1 aromatic rings. The Morgan fingerprint density at radius 2 is 1.96 bits per heavy atom. The number of hydrogen-bond donors (Lipinski definition) is 0. The highest BCUT2D eigenvalue weighted by Crippen LogP contribution is 2.20. The molecule has 0 aromatic heterocycles. The summed E-state index contributed by atoms with van der Waals surface area (Å²) in [5, 5.41) is 0. The quantitative estimate of drug-likeness (QED) is 0.845. The second-order valence-electron chi connectivity index (χ2n) is 6.00. The topological polar surface area (TPSA) is 32.8 Å². The predicted molar refractivity (Wildman–Crippen MR) is 90.4 cm³/mol. The largest absolute Gasteiger partial charge is 0.379 e. The minimum atomic E-state index is -0.308. The Morgan fingerprint density at radius 3 is 2.70 bits per heavy atom. The third-order valence-corrected chi connectivity index (χ3v) is 5.56. The van der Waals surface area contributed by atoms with Gasteiger partial charge in [-0.05, 0) is 36.4 Å². The van der Waals surface area contributed by atoms with Crippen molar-refractivity contribution in [2.24, 2.45) is 0 Å². The van der Waals surface area contributed by atoms with Crippen molar-refractivity contribution in [1.29, 1.82) is 0 Å². The van der Waals surface area contributed by atoms with E-state index < -0.39 is 0 Å². The first-order valence-corrected chi connectivity index (χ1v) is 9.34. The Balaban J connectivity index is 1.72. The molecular formula is C17H23FN2O2S. The van der Waals surface area contributed by atoms with Crippen molar-refractivity contribution in [3.63, 3.8) is 0 Å². The molecule has 0 radical (unpaired) electrons. The summed E-state index contributed by atoms with van der Waals surface area (Å²) in [6.07, 6.45) is 1.01. The van der Waals surface area contributed by atoms with Crippen molar-refractivity contribution < 1.29 is 13.9 Å². The first kappa shape index (κ1) is 16.7. The van der Waals surface area contributed by atoms with Crippen molar-refractivity contribution in [3.8, 4) is 0 Å². The van der Waals surface area contributed by atoms with Crippen LogP contribution in [0.25, 0.3) is 0 Å². The smallest absolute Gasteiger partial charge is 0.254 e. The average Bonchev–Trinajstić information content (AvgIpc) is 2.81. The number of rotatable bonds is 3. The summed E-state index contributed by atoms with van der Waals surface area (Å²) >= 11 is 1.92. The lowest BCUT2D eigenvalue weighted by Crippen LogP contribution is -2.50. The lowest BCUT2D eigenvalue weighted by atomic mass is 10.1. The van der Waals surface area contributed by atoms with Gasteiger partial charge in [0.2, 0.25) is 0 Å². The number of nitrogens with zero attached hydrogens (tertiary/aromatic N) is 2. The molecule has 0 bridgehead atoms. The van der Waals surface area contributed by atoms with E-state index in [9.17, 15) is 9.18 Å². The molecule has 2 fully saturated rings. The first-order valence-electron chi connectivity index (χ1n) is 8.18. The van der Waals surface area contributed by atoms with Gasteiger partial charge in [-0.1, -0.05) is 0 Å². The maximum Gasteiger partial charge on any atom is 0.254 e. The van der Waals surface area contributed by atoms with Gasteiger partial charge in [-0.3, -0.25) is 9.69 Å². The molecule has 0 aliphatic carbocycles. The van der Waals surface area contributed by atoms with Crippen LogP contribution >= 0.6 is 11.8 Å². The number of benzene rings is 1. The lowest BCUT2D eigenvalue weighted by molar-refractivity contribution is 0.0245. The first-order chi connectivity index (χ1) is 11.2. The summed E-state index contributed by atoms with van der Waals surface area (Å²) in [6.45, 7) is 5.07. The van der Waals surface area contributed by atoms with Gasteiger partial charge >= 0.3 is 0 Å². The third kappa shape index (κ3) is 4.46. The zero-order valence-corrected chi connectivity index (χ0v) is 14.1. The van der Waals surface area contributed by atoms with Crippen LogP contribution in [0.15, 0.2) is 24.3 Å². The fourth-order valence-corrected chi connectivity index (χ4v) is 4.14. The van der Waals surface area contributed by atoms with E-state index in [1.807, 2.05) is 16.7 Å². The molecule has 126 valence electrons. The van der Waals surface area contributed by atoms with E-state index in [4.69, 9.17) is 4.74 Å². The molecule has 4 nitrogen and oxygen atoms in total. The Kier molecular flexibility index (Phi) is 5.91. The molecule has 2 saturated heterocycles. The minimum Gasteiger partial charge on any atom is -0.379 e. The van der Waals surface area contributed by atoms with Crippen LogP contribution in [0, 0.1) is 5.82 Å². The molecule has 3 rings (SSSR count). The van der Waals surface area contributed by atoms with E-state index in [2.05, 4.69) is 4.90 Å². The van der Waals surface area contributed by atoms with Crippen LogP contribution in [0.4, 0.5) is 4.39 Å². The van der Waals surface area contributed by atoms with Crippen LogP contribution in [-0.2, 0) is 4.74 Å². The molecule has 1 amide bonds. The zero-order chi connectivity index (χ0) is 16.1. The summed E-state index contributed by atoms with van der Waals surface area (Å²) in [4.78, 5) is 17.2. The summed E-state index contributed by atoms with van der Waals surface area (Å²) in [6, 6.07) is 6.09. The molecule has 23 heavy (non-hydrogen) atoms. The zero-order valence-electron chi connectivity index (χ0n) is 13.2. The van der Waals surface area contributed by atoms with E-state index in [1.165, 1.54) is 12.1 Å². The van der Waals surface area contributed by atoms with Gasteiger partial charge in [-0.2, -0.15) is 11.8 Å². The summed E-state index contributed by atoms with van der Waals surface area (Å²) in [7, 11) is 0. The second-order valence-corrected chi connectivity index (χ2v) is 7.15.